The van der Waals surface area contributed by atoms with Crippen LogP contribution in [-0.2, 0) is 5.88 Å². The molecule has 0 radical (unpaired) electrons. The molecule has 0 aliphatic rings. The van der Waals surface area contributed by atoms with Crippen molar-refractivity contribution in [2.24, 2.45) is 0 Å². The van der Waals surface area contributed by atoms with Crippen molar-refractivity contribution in [2.45, 2.75) is 5.88 Å². The molecular formula is C12H8ClF2N. The van der Waals surface area contributed by atoms with Crippen molar-refractivity contribution in [3.63, 3.8) is 0 Å². The zero-order valence-corrected chi connectivity index (χ0v) is 9.01. The molecule has 0 saturated carbocycles. The Morgan fingerprint density at radius 2 is 1.88 bits per heavy atom. The molecule has 2 rings (SSSR count). The smallest absolute Gasteiger partial charge is 0.145 e. The van der Waals surface area contributed by atoms with Gasteiger partial charge in [0.2, 0.25) is 0 Å². The monoisotopic (exact) mass is 239 g/mol. The number of rotatable bonds is 2. The maximum Gasteiger partial charge on any atom is 0.145 e. The van der Waals surface area contributed by atoms with Crippen molar-refractivity contribution in [3.8, 4) is 11.3 Å². The first-order chi connectivity index (χ1) is 7.72. The SMILES string of the molecule is Fc1cnc(-c2ccccc2F)cc1CCl. The Morgan fingerprint density at radius 3 is 2.56 bits per heavy atom. The summed E-state index contributed by atoms with van der Waals surface area (Å²) in [5.41, 5.74) is 1.04. The highest BCUT2D eigenvalue weighted by Crippen LogP contribution is 2.22. The molecule has 0 bridgehead atoms. The van der Waals surface area contributed by atoms with Crippen LogP contribution in [0.2, 0.25) is 0 Å². The summed E-state index contributed by atoms with van der Waals surface area (Å²) in [6.07, 6.45) is 1.06. The summed E-state index contributed by atoms with van der Waals surface area (Å²) >= 11 is 5.57. The van der Waals surface area contributed by atoms with Gasteiger partial charge in [-0.3, -0.25) is 4.98 Å². The van der Waals surface area contributed by atoms with E-state index in [4.69, 9.17) is 11.6 Å². The molecule has 1 aromatic carbocycles. The number of nitrogens with zero attached hydrogens (tertiary/aromatic N) is 1. The van der Waals surface area contributed by atoms with E-state index in [1.54, 1.807) is 18.2 Å². The number of pyridine rings is 1. The van der Waals surface area contributed by atoms with Gasteiger partial charge in [0.15, 0.2) is 0 Å². The average molecular weight is 240 g/mol. The number of hydrogen-bond acceptors (Lipinski definition) is 1. The summed E-state index contributed by atoms with van der Waals surface area (Å²) in [7, 11) is 0. The topological polar surface area (TPSA) is 12.9 Å². The van der Waals surface area contributed by atoms with Crippen LogP contribution in [-0.4, -0.2) is 4.98 Å². The van der Waals surface area contributed by atoms with Gasteiger partial charge in [-0.05, 0) is 18.2 Å². The normalized spacial score (nSPS) is 10.4. The van der Waals surface area contributed by atoms with Gasteiger partial charge in [-0.1, -0.05) is 12.1 Å². The summed E-state index contributed by atoms with van der Waals surface area (Å²) in [6, 6.07) is 7.67. The summed E-state index contributed by atoms with van der Waals surface area (Å²) in [5, 5.41) is 0. The van der Waals surface area contributed by atoms with Gasteiger partial charge in [-0.2, -0.15) is 0 Å². The molecule has 0 N–H and O–H groups in total. The van der Waals surface area contributed by atoms with Crippen LogP contribution < -0.4 is 0 Å². The molecule has 0 aliphatic carbocycles. The molecule has 16 heavy (non-hydrogen) atoms. The third-order valence-electron chi connectivity index (χ3n) is 2.23. The Hall–Kier alpha value is -1.48. The largest absolute Gasteiger partial charge is 0.253 e. The first-order valence-electron chi connectivity index (χ1n) is 4.67. The lowest BCUT2D eigenvalue weighted by Crippen LogP contribution is -1.93. The summed E-state index contributed by atoms with van der Waals surface area (Å²) in [5.74, 6) is -0.826. The van der Waals surface area contributed by atoms with Crippen LogP contribution in [0.3, 0.4) is 0 Å². The highest BCUT2D eigenvalue weighted by atomic mass is 35.5. The van der Waals surface area contributed by atoms with E-state index in [-0.39, 0.29) is 11.7 Å². The summed E-state index contributed by atoms with van der Waals surface area (Å²) in [4.78, 5) is 3.84. The molecule has 0 aliphatic heterocycles. The summed E-state index contributed by atoms with van der Waals surface area (Å²) in [6.45, 7) is 0. The molecular weight excluding hydrogens is 232 g/mol. The van der Waals surface area contributed by atoms with E-state index < -0.39 is 5.82 Å². The highest BCUT2D eigenvalue weighted by molar-refractivity contribution is 6.17. The van der Waals surface area contributed by atoms with E-state index in [9.17, 15) is 8.78 Å². The van der Waals surface area contributed by atoms with Gasteiger partial charge in [-0.25, -0.2) is 8.78 Å². The fourth-order valence-electron chi connectivity index (χ4n) is 1.40. The van der Waals surface area contributed by atoms with Crippen molar-refractivity contribution in [1.82, 2.24) is 4.98 Å². The molecule has 0 spiro atoms. The van der Waals surface area contributed by atoms with Crippen molar-refractivity contribution >= 4 is 11.6 Å². The second-order valence-electron chi connectivity index (χ2n) is 3.27. The molecule has 0 saturated heterocycles. The Balaban J connectivity index is 2.53. The second kappa shape index (κ2) is 4.58. The molecule has 4 heteroatoms. The minimum atomic E-state index is -0.477. The van der Waals surface area contributed by atoms with Gasteiger partial charge in [-0.15, -0.1) is 11.6 Å². The van der Waals surface area contributed by atoms with E-state index in [0.29, 0.717) is 16.8 Å². The maximum absolute atomic E-state index is 13.4. The predicted octanol–water partition coefficient (Wildman–Crippen LogP) is 3.77. The zero-order chi connectivity index (χ0) is 11.5. The molecule has 0 unspecified atom stereocenters. The van der Waals surface area contributed by atoms with Gasteiger partial charge in [0.05, 0.1) is 17.8 Å². The van der Waals surface area contributed by atoms with Gasteiger partial charge >= 0.3 is 0 Å². The van der Waals surface area contributed by atoms with Gasteiger partial charge < -0.3 is 0 Å². The lowest BCUT2D eigenvalue weighted by Gasteiger charge is -2.04. The third kappa shape index (κ3) is 2.04. The Bertz CT molecular complexity index is 514. The average Bonchev–Trinajstić information content (AvgIpc) is 2.31. The highest BCUT2D eigenvalue weighted by Gasteiger charge is 2.08. The van der Waals surface area contributed by atoms with Crippen LogP contribution in [0.1, 0.15) is 5.56 Å². The molecule has 0 fully saturated rings. The second-order valence-corrected chi connectivity index (χ2v) is 3.54. The number of benzene rings is 1. The van der Waals surface area contributed by atoms with Crippen LogP contribution in [0.4, 0.5) is 8.78 Å². The van der Waals surface area contributed by atoms with Crippen molar-refractivity contribution in [2.75, 3.05) is 0 Å². The van der Waals surface area contributed by atoms with Gasteiger partial charge in [0.1, 0.15) is 11.6 Å². The molecule has 1 aromatic heterocycles. The molecule has 0 atom stereocenters. The van der Waals surface area contributed by atoms with Crippen LogP contribution in [0.5, 0.6) is 0 Å². The van der Waals surface area contributed by atoms with E-state index >= 15 is 0 Å². The van der Waals surface area contributed by atoms with Crippen molar-refractivity contribution in [3.05, 3.63) is 53.7 Å². The van der Waals surface area contributed by atoms with E-state index in [0.717, 1.165) is 6.20 Å². The number of aromatic nitrogens is 1. The van der Waals surface area contributed by atoms with Gasteiger partial charge in [0.25, 0.3) is 0 Å². The fraction of sp³-hybridized carbons (Fsp3) is 0.0833. The Labute approximate surface area is 96.7 Å². The number of alkyl halides is 1. The van der Waals surface area contributed by atoms with Crippen LogP contribution >= 0.6 is 11.6 Å². The summed E-state index contributed by atoms with van der Waals surface area (Å²) < 4.78 is 26.6. The number of hydrogen-bond donors (Lipinski definition) is 0. The lowest BCUT2D eigenvalue weighted by molar-refractivity contribution is 0.609. The predicted molar refractivity (Wildman–Crippen MR) is 59.1 cm³/mol. The lowest BCUT2D eigenvalue weighted by atomic mass is 10.1. The minimum Gasteiger partial charge on any atom is -0.253 e. The molecule has 82 valence electrons. The van der Waals surface area contributed by atoms with E-state index in [2.05, 4.69) is 4.98 Å². The first kappa shape index (κ1) is 11.0. The van der Waals surface area contributed by atoms with E-state index in [1.165, 1.54) is 12.1 Å². The molecule has 1 heterocycles. The Morgan fingerprint density at radius 1 is 1.12 bits per heavy atom. The fourth-order valence-corrected chi connectivity index (χ4v) is 1.60. The first-order valence-corrected chi connectivity index (χ1v) is 5.21. The number of halogens is 3. The quantitative estimate of drug-likeness (QED) is 0.727. The van der Waals surface area contributed by atoms with Crippen LogP contribution in [0.15, 0.2) is 36.5 Å². The molecule has 1 nitrogen and oxygen atoms in total. The van der Waals surface area contributed by atoms with Crippen molar-refractivity contribution in [1.29, 1.82) is 0 Å². The third-order valence-corrected chi connectivity index (χ3v) is 2.52. The minimum absolute atomic E-state index is 0.0375. The van der Waals surface area contributed by atoms with Gasteiger partial charge in [0, 0.05) is 11.1 Å². The molecule has 2 aromatic rings. The van der Waals surface area contributed by atoms with Crippen LogP contribution in [0.25, 0.3) is 11.3 Å². The van der Waals surface area contributed by atoms with Crippen LogP contribution in [0, 0.1) is 11.6 Å². The van der Waals surface area contributed by atoms with Crippen molar-refractivity contribution < 1.29 is 8.78 Å². The molecule has 0 amide bonds. The Kier molecular flexibility index (Phi) is 3.15. The maximum atomic E-state index is 13.4. The van der Waals surface area contributed by atoms with E-state index in [1.807, 2.05) is 0 Å². The zero-order valence-electron chi connectivity index (χ0n) is 8.25. The standard InChI is InChI=1S/C12H8ClF2N/c13-6-8-5-12(16-7-11(8)15)9-3-1-2-4-10(9)14/h1-5,7H,6H2.